The van der Waals surface area contributed by atoms with Crippen LogP contribution in [-0.2, 0) is 16.1 Å². The Kier molecular flexibility index (Phi) is 8.47. The van der Waals surface area contributed by atoms with Crippen LogP contribution in [0.15, 0.2) is 35.4 Å². The van der Waals surface area contributed by atoms with Gasteiger partial charge < -0.3 is 10.1 Å². The van der Waals surface area contributed by atoms with E-state index in [9.17, 15) is 4.79 Å². The fraction of sp³-hybridized carbons (Fsp3) is 0.775. The second kappa shape index (κ2) is 11.4. The molecule has 1 N–H and O–H groups in total. The molecule has 0 radical (unpaired) electrons. The van der Waals surface area contributed by atoms with E-state index in [1.165, 1.54) is 69.8 Å². The van der Waals surface area contributed by atoms with Gasteiger partial charge in [-0.1, -0.05) is 83.3 Å². The van der Waals surface area contributed by atoms with Crippen molar-refractivity contribution in [1.82, 2.24) is 5.32 Å². The summed E-state index contributed by atoms with van der Waals surface area (Å²) in [6, 6.07) is 8.30. The van der Waals surface area contributed by atoms with Crippen molar-refractivity contribution in [3.8, 4) is 0 Å². The lowest BCUT2D eigenvalue weighted by Gasteiger charge is -2.72. The molecule has 3 nitrogen and oxygen atoms in total. The van der Waals surface area contributed by atoms with Crippen LogP contribution in [0.4, 0.5) is 0 Å². The molecule has 4 saturated carbocycles. The number of ether oxygens (including phenoxy) is 1. The number of hydrogen-bond donors (Lipinski definition) is 1. The van der Waals surface area contributed by atoms with Crippen molar-refractivity contribution < 1.29 is 9.53 Å². The first-order valence-corrected chi connectivity index (χ1v) is 18.4. The fourth-order valence-corrected chi connectivity index (χ4v) is 12.9. The van der Waals surface area contributed by atoms with E-state index < -0.39 is 0 Å². The summed E-state index contributed by atoms with van der Waals surface area (Å²) in [6.07, 6.45) is 14.2. The van der Waals surface area contributed by atoms with E-state index in [1.54, 1.807) is 6.92 Å². The zero-order chi connectivity index (χ0) is 31.7. The van der Waals surface area contributed by atoms with Crippen LogP contribution in [0, 0.1) is 50.7 Å². The van der Waals surface area contributed by atoms with Gasteiger partial charge in [0, 0.05) is 23.9 Å². The Bertz CT molecular complexity index is 1280. The highest BCUT2D eigenvalue weighted by atomic mass is 35.5. The number of carbonyl (C=O) groups excluding carboxylic acids is 1. The molecule has 0 heterocycles. The minimum absolute atomic E-state index is 0.0251. The van der Waals surface area contributed by atoms with E-state index >= 15 is 0 Å². The number of nitrogens with one attached hydrogen (secondary N) is 1. The van der Waals surface area contributed by atoms with Gasteiger partial charge in [0.05, 0.1) is 0 Å². The van der Waals surface area contributed by atoms with Crippen LogP contribution in [0.25, 0.3) is 0 Å². The first-order valence-electron chi connectivity index (χ1n) is 18.0. The molecule has 4 heteroatoms. The molecule has 1 aromatic rings. The van der Waals surface area contributed by atoms with Crippen LogP contribution in [0.1, 0.15) is 132 Å². The quantitative estimate of drug-likeness (QED) is 0.187. The van der Waals surface area contributed by atoms with Gasteiger partial charge in [0.25, 0.3) is 0 Å². The predicted molar refractivity (Wildman–Crippen MR) is 182 cm³/mol. The van der Waals surface area contributed by atoms with Crippen LogP contribution >= 0.6 is 11.6 Å². The smallest absolute Gasteiger partial charge is 0.302 e. The number of fused-ring (bicyclic) bond motifs is 7. The fourth-order valence-electron chi connectivity index (χ4n) is 12.7. The maximum Gasteiger partial charge on any atom is 0.302 e. The Morgan fingerprint density at radius 3 is 2.32 bits per heavy atom. The molecule has 5 aliphatic rings. The first kappa shape index (κ1) is 32.6. The Hall–Kier alpha value is -1.32. The number of esters is 1. The Morgan fingerprint density at radius 2 is 1.64 bits per heavy atom. The van der Waals surface area contributed by atoms with Crippen molar-refractivity contribution in [2.75, 3.05) is 6.54 Å². The second-order valence-corrected chi connectivity index (χ2v) is 17.9. The van der Waals surface area contributed by atoms with Gasteiger partial charge in [-0.15, -0.1) is 0 Å². The normalized spacial score (nSPS) is 41.0. The number of benzene rings is 1. The summed E-state index contributed by atoms with van der Waals surface area (Å²) in [4.78, 5) is 12.0. The van der Waals surface area contributed by atoms with Crippen molar-refractivity contribution in [2.24, 2.45) is 50.7 Å². The van der Waals surface area contributed by atoms with Crippen molar-refractivity contribution in [1.29, 1.82) is 0 Å². The SMILES string of the molecule is CC(=O)O[C@H]1CC[C@]2(C)[C@H]3CC[C@@H]4C5=C(C(C)C)CC[C@]5(CCNCc5ccc(Cl)cc5)CC[C@@]4(C)[C@]3(C)CC[C@H]2C1(C)C. The van der Waals surface area contributed by atoms with Crippen LogP contribution < -0.4 is 5.32 Å². The van der Waals surface area contributed by atoms with Crippen molar-refractivity contribution in [3.05, 3.63) is 46.0 Å². The molecule has 0 bridgehead atoms. The standard InChI is InChI=1S/C40H60ClNO2/c1-26(2)30-15-20-40(23-24-42-25-28-9-11-29(41)12-10-28)22-21-38(7)31(35(30)40)13-14-33-37(6)18-17-34(44-27(3)43)36(4,5)32(37)16-19-39(33,38)8/h9-12,26,31-34,42H,13-25H2,1-8H3/t31-,32+,33-,34+,37+,38-,39-,40-/m1/s1. The largest absolute Gasteiger partial charge is 0.462 e. The van der Waals surface area contributed by atoms with Crippen LogP contribution in [0.3, 0.4) is 0 Å². The predicted octanol–water partition coefficient (Wildman–Crippen LogP) is 10.6. The molecule has 244 valence electrons. The highest BCUT2D eigenvalue weighted by Crippen LogP contribution is 2.77. The van der Waals surface area contributed by atoms with E-state index in [0.717, 1.165) is 36.4 Å². The third-order valence-electron chi connectivity index (χ3n) is 15.1. The van der Waals surface area contributed by atoms with Crippen LogP contribution in [-0.4, -0.2) is 18.6 Å². The Morgan fingerprint density at radius 1 is 0.909 bits per heavy atom. The first-order chi connectivity index (χ1) is 20.7. The number of hydrogen-bond acceptors (Lipinski definition) is 3. The van der Waals surface area contributed by atoms with Gasteiger partial charge in [-0.05, 0) is 140 Å². The summed E-state index contributed by atoms with van der Waals surface area (Å²) in [5.74, 6) is 2.60. The van der Waals surface area contributed by atoms with Gasteiger partial charge >= 0.3 is 5.97 Å². The van der Waals surface area contributed by atoms with Crippen molar-refractivity contribution >= 4 is 17.6 Å². The molecule has 8 atom stereocenters. The number of halogens is 1. The van der Waals surface area contributed by atoms with E-state index in [1.807, 2.05) is 23.3 Å². The third-order valence-corrected chi connectivity index (χ3v) is 15.3. The maximum absolute atomic E-state index is 12.0. The molecule has 0 unspecified atom stereocenters. The lowest BCUT2D eigenvalue weighted by atomic mass is 9.33. The highest BCUT2D eigenvalue weighted by Gasteiger charge is 2.69. The minimum atomic E-state index is -0.114. The summed E-state index contributed by atoms with van der Waals surface area (Å²) in [5.41, 5.74) is 6.48. The van der Waals surface area contributed by atoms with Gasteiger partial charge in [-0.25, -0.2) is 0 Å². The molecule has 1 aromatic carbocycles. The van der Waals surface area contributed by atoms with Gasteiger partial charge in [0.1, 0.15) is 6.10 Å². The Labute approximate surface area is 273 Å². The van der Waals surface area contributed by atoms with Crippen LogP contribution in [0.2, 0.25) is 5.02 Å². The molecular weight excluding hydrogens is 562 g/mol. The zero-order valence-corrected chi connectivity index (χ0v) is 29.8. The second-order valence-electron chi connectivity index (χ2n) is 17.5. The molecule has 44 heavy (non-hydrogen) atoms. The molecule has 6 rings (SSSR count). The summed E-state index contributed by atoms with van der Waals surface area (Å²) < 4.78 is 5.97. The van der Waals surface area contributed by atoms with Gasteiger partial charge in [0.15, 0.2) is 0 Å². The summed E-state index contributed by atoms with van der Waals surface area (Å²) in [6.45, 7) is 21.5. The molecule has 5 aliphatic carbocycles. The number of rotatable bonds is 7. The average Bonchev–Trinajstić information content (AvgIpc) is 3.34. The highest BCUT2D eigenvalue weighted by molar-refractivity contribution is 6.30. The molecule has 0 aromatic heterocycles. The van der Waals surface area contributed by atoms with E-state index in [2.05, 4.69) is 65.9 Å². The topological polar surface area (TPSA) is 38.3 Å². The molecule has 4 fully saturated rings. The van der Waals surface area contributed by atoms with Crippen molar-refractivity contribution in [3.63, 3.8) is 0 Å². The number of allylic oxidation sites excluding steroid dienone is 2. The van der Waals surface area contributed by atoms with E-state index in [0.29, 0.717) is 33.5 Å². The molecule has 0 spiro atoms. The van der Waals surface area contributed by atoms with Gasteiger partial charge in [-0.2, -0.15) is 0 Å². The summed E-state index contributed by atoms with van der Waals surface area (Å²) in [5, 5.41) is 4.63. The monoisotopic (exact) mass is 621 g/mol. The maximum atomic E-state index is 12.0. The van der Waals surface area contributed by atoms with Crippen LogP contribution in [0.5, 0.6) is 0 Å². The van der Waals surface area contributed by atoms with E-state index in [-0.39, 0.29) is 17.5 Å². The molecular formula is C40H60ClNO2. The molecule has 0 amide bonds. The summed E-state index contributed by atoms with van der Waals surface area (Å²) in [7, 11) is 0. The van der Waals surface area contributed by atoms with Gasteiger partial charge in [0.2, 0.25) is 0 Å². The lowest BCUT2D eigenvalue weighted by Crippen LogP contribution is -2.65. The molecule has 0 saturated heterocycles. The molecule has 0 aliphatic heterocycles. The zero-order valence-electron chi connectivity index (χ0n) is 29.1. The van der Waals surface area contributed by atoms with E-state index in [4.69, 9.17) is 16.3 Å². The summed E-state index contributed by atoms with van der Waals surface area (Å²) >= 11 is 6.13. The minimum Gasteiger partial charge on any atom is -0.462 e. The third kappa shape index (κ3) is 4.96. The number of carbonyl (C=O) groups is 1. The lowest BCUT2D eigenvalue weighted by molar-refractivity contribution is -0.232. The van der Waals surface area contributed by atoms with Crippen molar-refractivity contribution in [2.45, 2.75) is 139 Å². The Balaban J connectivity index is 1.26. The van der Waals surface area contributed by atoms with Gasteiger partial charge in [-0.3, -0.25) is 4.79 Å². The average molecular weight is 622 g/mol.